The van der Waals surface area contributed by atoms with Crippen molar-refractivity contribution in [2.45, 2.75) is 53.1 Å². The van der Waals surface area contributed by atoms with Crippen molar-refractivity contribution < 1.29 is 4.74 Å². The average Bonchev–Trinajstić information content (AvgIpc) is 2.13. The molecule has 0 saturated heterocycles. The molecular formula is C11H23BrO. The molecule has 0 rings (SSSR count). The molecule has 80 valence electrons. The van der Waals surface area contributed by atoms with Crippen molar-refractivity contribution in [2.75, 3.05) is 11.9 Å². The SMILES string of the molecule is CCC(CC)(CBr)CCOC(C)C. The van der Waals surface area contributed by atoms with Crippen LogP contribution in [-0.2, 0) is 4.74 Å². The van der Waals surface area contributed by atoms with Gasteiger partial charge in [0.2, 0.25) is 0 Å². The summed E-state index contributed by atoms with van der Waals surface area (Å²) in [6, 6.07) is 0. The van der Waals surface area contributed by atoms with E-state index in [1.165, 1.54) is 19.3 Å². The lowest BCUT2D eigenvalue weighted by atomic mass is 9.82. The number of rotatable bonds is 7. The van der Waals surface area contributed by atoms with E-state index < -0.39 is 0 Å². The number of hydrogen-bond acceptors (Lipinski definition) is 1. The van der Waals surface area contributed by atoms with Gasteiger partial charge >= 0.3 is 0 Å². The molecule has 0 amide bonds. The minimum absolute atomic E-state index is 0.363. The highest BCUT2D eigenvalue weighted by Gasteiger charge is 2.24. The van der Waals surface area contributed by atoms with Crippen molar-refractivity contribution in [1.29, 1.82) is 0 Å². The van der Waals surface area contributed by atoms with E-state index in [9.17, 15) is 0 Å². The minimum Gasteiger partial charge on any atom is -0.379 e. The number of ether oxygens (including phenoxy) is 1. The van der Waals surface area contributed by atoms with Crippen LogP contribution in [0.15, 0.2) is 0 Å². The van der Waals surface area contributed by atoms with Crippen molar-refractivity contribution in [3.05, 3.63) is 0 Å². The van der Waals surface area contributed by atoms with E-state index >= 15 is 0 Å². The summed E-state index contributed by atoms with van der Waals surface area (Å²) in [6.07, 6.45) is 4.00. The molecule has 13 heavy (non-hydrogen) atoms. The van der Waals surface area contributed by atoms with Crippen LogP contribution in [0.1, 0.15) is 47.0 Å². The number of alkyl halides is 1. The largest absolute Gasteiger partial charge is 0.379 e. The Morgan fingerprint density at radius 3 is 2.08 bits per heavy atom. The molecule has 0 radical (unpaired) electrons. The smallest absolute Gasteiger partial charge is 0.0518 e. The third-order valence-electron chi connectivity index (χ3n) is 2.87. The topological polar surface area (TPSA) is 9.23 Å². The Morgan fingerprint density at radius 1 is 1.23 bits per heavy atom. The van der Waals surface area contributed by atoms with Gasteiger partial charge < -0.3 is 4.74 Å². The van der Waals surface area contributed by atoms with Crippen molar-refractivity contribution in [3.63, 3.8) is 0 Å². The third-order valence-corrected chi connectivity index (χ3v) is 4.06. The van der Waals surface area contributed by atoms with E-state index in [1.807, 2.05) is 0 Å². The van der Waals surface area contributed by atoms with E-state index in [0.717, 1.165) is 11.9 Å². The molecule has 0 N–H and O–H groups in total. The van der Waals surface area contributed by atoms with Gasteiger partial charge in [-0.25, -0.2) is 0 Å². The summed E-state index contributed by atoms with van der Waals surface area (Å²) < 4.78 is 5.58. The van der Waals surface area contributed by atoms with Crippen molar-refractivity contribution >= 4 is 15.9 Å². The first-order valence-electron chi connectivity index (χ1n) is 5.27. The van der Waals surface area contributed by atoms with Crippen molar-refractivity contribution in [2.24, 2.45) is 5.41 Å². The third kappa shape index (κ3) is 5.02. The van der Waals surface area contributed by atoms with Crippen LogP contribution in [0.5, 0.6) is 0 Å². The highest BCUT2D eigenvalue weighted by molar-refractivity contribution is 9.09. The molecule has 0 bridgehead atoms. The monoisotopic (exact) mass is 250 g/mol. The van der Waals surface area contributed by atoms with Crippen LogP contribution in [0.3, 0.4) is 0 Å². The number of hydrogen-bond donors (Lipinski definition) is 0. The number of halogens is 1. The first kappa shape index (κ1) is 13.4. The van der Waals surface area contributed by atoms with Gasteiger partial charge in [0.25, 0.3) is 0 Å². The van der Waals surface area contributed by atoms with Gasteiger partial charge in [0.1, 0.15) is 0 Å². The molecule has 2 heteroatoms. The highest BCUT2D eigenvalue weighted by atomic mass is 79.9. The van der Waals surface area contributed by atoms with E-state index in [-0.39, 0.29) is 0 Å². The molecule has 0 heterocycles. The van der Waals surface area contributed by atoms with Gasteiger partial charge in [-0.2, -0.15) is 0 Å². The fourth-order valence-electron chi connectivity index (χ4n) is 1.37. The van der Waals surface area contributed by atoms with Crippen LogP contribution in [-0.4, -0.2) is 18.0 Å². The predicted octanol–water partition coefficient (Wildman–Crippen LogP) is 4.00. The van der Waals surface area contributed by atoms with E-state index in [1.54, 1.807) is 0 Å². The summed E-state index contributed by atoms with van der Waals surface area (Å²) in [7, 11) is 0. The summed E-state index contributed by atoms with van der Waals surface area (Å²) >= 11 is 3.61. The second-order valence-electron chi connectivity index (χ2n) is 4.01. The molecular weight excluding hydrogens is 228 g/mol. The normalized spacial score (nSPS) is 12.5. The molecule has 0 aliphatic heterocycles. The summed E-state index contributed by atoms with van der Waals surface area (Å²) in [5.74, 6) is 0. The van der Waals surface area contributed by atoms with Crippen molar-refractivity contribution in [3.8, 4) is 0 Å². The highest BCUT2D eigenvalue weighted by Crippen LogP contribution is 2.32. The molecule has 0 atom stereocenters. The molecule has 0 spiro atoms. The maximum Gasteiger partial charge on any atom is 0.0518 e. The van der Waals surface area contributed by atoms with E-state index in [2.05, 4.69) is 43.6 Å². The van der Waals surface area contributed by atoms with Crippen LogP contribution >= 0.6 is 15.9 Å². The Hall–Kier alpha value is 0.440. The maximum absolute atomic E-state index is 5.58. The molecule has 0 aromatic rings. The Labute approximate surface area is 91.4 Å². The fraction of sp³-hybridized carbons (Fsp3) is 1.00. The lowest BCUT2D eigenvalue weighted by Crippen LogP contribution is -2.23. The predicted molar refractivity (Wildman–Crippen MR) is 62.5 cm³/mol. The lowest BCUT2D eigenvalue weighted by Gasteiger charge is -2.29. The Morgan fingerprint density at radius 2 is 1.77 bits per heavy atom. The van der Waals surface area contributed by atoms with Crippen LogP contribution in [0.2, 0.25) is 0 Å². The van der Waals surface area contributed by atoms with Crippen LogP contribution in [0.25, 0.3) is 0 Å². The summed E-state index contributed by atoms with van der Waals surface area (Å²) in [5, 5.41) is 1.09. The molecule has 0 fully saturated rings. The summed E-state index contributed by atoms with van der Waals surface area (Å²) in [6.45, 7) is 9.60. The molecule has 0 aromatic heterocycles. The lowest BCUT2D eigenvalue weighted by molar-refractivity contribution is 0.0535. The van der Waals surface area contributed by atoms with Crippen LogP contribution < -0.4 is 0 Å². The fourth-order valence-corrected chi connectivity index (χ4v) is 2.44. The van der Waals surface area contributed by atoms with Gasteiger partial charge in [0.15, 0.2) is 0 Å². The van der Waals surface area contributed by atoms with E-state index in [4.69, 9.17) is 4.74 Å². The second-order valence-corrected chi connectivity index (χ2v) is 4.57. The molecule has 0 unspecified atom stereocenters. The molecule has 0 aliphatic rings. The first-order valence-corrected chi connectivity index (χ1v) is 6.40. The molecule has 0 aromatic carbocycles. The molecule has 0 saturated carbocycles. The zero-order chi connectivity index (χ0) is 10.3. The van der Waals surface area contributed by atoms with Crippen LogP contribution in [0.4, 0.5) is 0 Å². The maximum atomic E-state index is 5.58. The second kappa shape index (κ2) is 6.83. The molecule has 1 nitrogen and oxygen atoms in total. The zero-order valence-corrected chi connectivity index (χ0v) is 11.0. The van der Waals surface area contributed by atoms with Gasteiger partial charge in [0.05, 0.1) is 6.10 Å². The Balaban J connectivity index is 3.81. The van der Waals surface area contributed by atoms with Gasteiger partial charge in [0, 0.05) is 11.9 Å². The zero-order valence-electron chi connectivity index (χ0n) is 9.40. The first-order chi connectivity index (χ1) is 6.10. The van der Waals surface area contributed by atoms with Gasteiger partial charge in [-0.1, -0.05) is 29.8 Å². The van der Waals surface area contributed by atoms with Gasteiger partial charge in [-0.3, -0.25) is 0 Å². The summed E-state index contributed by atoms with van der Waals surface area (Å²) in [5.41, 5.74) is 0.453. The van der Waals surface area contributed by atoms with E-state index in [0.29, 0.717) is 11.5 Å². The standard InChI is InChI=1S/C11H23BrO/c1-5-11(6-2,9-12)7-8-13-10(3)4/h10H,5-9H2,1-4H3. The Kier molecular flexibility index (Phi) is 7.06. The Bertz CT molecular complexity index is 111. The van der Waals surface area contributed by atoms with Gasteiger partial charge in [-0.15, -0.1) is 0 Å². The quantitative estimate of drug-likeness (QED) is 0.621. The molecule has 0 aliphatic carbocycles. The summed E-state index contributed by atoms with van der Waals surface area (Å²) in [4.78, 5) is 0. The van der Waals surface area contributed by atoms with Crippen molar-refractivity contribution in [1.82, 2.24) is 0 Å². The minimum atomic E-state index is 0.363. The average molecular weight is 251 g/mol. The van der Waals surface area contributed by atoms with Crippen LogP contribution in [0, 0.1) is 5.41 Å². The van der Waals surface area contributed by atoms with Gasteiger partial charge in [-0.05, 0) is 38.5 Å².